The standard InChI is InChI=1S/C19H30O3/c1-17-9-10-19(22)15(14(17)5-6-16(17)21)4-3-12-11-13(20)7-8-18(12,19)2/h12-15,20,22H,3-11H2,1-2H3/t12-,13+,14-,15+,17-,18-,19+/m0/s1. The van der Waals surface area contributed by atoms with Crippen LogP contribution in [0.1, 0.15) is 71.6 Å². The summed E-state index contributed by atoms with van der Waals surface area (Å²) in [6.45, 7) is 4.43. The van der Waals surface area contributed by atoms with Crippen LogP contribution in [-0.4, -0.2) is 27.7 Å². The number of carbonyl (C=O) groups excluding carboxylic acids is 1. The van der Waals surface area contributed by atoms with Crippen LogP contribution in [0.2, 0.25) is 0 Å². The van der Waals surface area contributed by atoms with Gasteiger partial charge in [0.15, 0.2) is 0 Å². The fourth-order valence-electron chi connectivity index (χ4n) is 6.95. The Morgan fingerprint density at radius 1 is 1.00 bits per heavy atom. The lowest BCUT2D eigenvalue weighted by Crippen LogP contribution is -2.65. The molecule has 0 unspecified atom stereocenters. The summed E-state index contributed by atoms with van der Waals surface area (Å²) in [6.07, 6.45) is 7.91. The highest BCUT2D eigenvalue weighted by Gasteiger charge is 2.66. The first kappa shape index (κ1) is 15.1. The van der Waals surface area contributed by atoms with E-state index in [2.05, 4.69) is 13.8 Å². The maximum atomic E-state index is 12.4. The first-order chi connectivity index (χ1) is 10.3. The van der Waals surface area contributed by atoms with Crippen LogP contribution in [0.25, 0.3) is 0 Å². The highest BCUT2D eigenvalue weighted by Crippen LogP contribution is 2.67. The Hall–Kier alpha value is -0.410. The first-order valence-corrected chi connectivity index (χ1v) is 9.25. The lowest BCUT2D eigenvalue weighted by atomic mass is 9.43. The van der Waals surface area contributed by atoms with Gasteiger partial charge in [0.1, 0.15) is 5.78 Å². The molecule has 0 aromatic heterocycles. The molecule has 0 bridgehead atoms. The third kappa shape index (κ3) is 1.67. The van der Waals surface area contributed by atoms with E-state index in [0.29, 0.717) is 24.0 Å². The van der Waals surface area contributed by atoms with E-state index in [0.717, 1.165) is 51.4 Å². The normalized spacial score (nSPS) is 57.9. The Morgan fingerprint density at radius 2 is 1.77 bits per heavy atom. The maximum absolute atomic E-state index is 12.4. The summed E-state index contributed by atoms with van der Waals surface area (Å²) in [5.74, 6) is 1.54. The maximum Gasteiger partial charge on any atom is 0.139 e. The van der Waals surface area contributed by atoms with Gasteiger partial charge in [-0.2, -0.15) is 0 Å². The fraction of sp³-hybridized carbons (Fsp3) is 0.947. The highest BCUT2D eigenvalue weighted by molar-refractivity contribution is 5.87. The number of rotatable bonds is 0. The molecular formula is C19H30O3. The van der Waals surface area contributed by atoms with Crippen molar-refractivity contribution in [2.24, 2.45) is 28.6 Å². The number of aliphatic hydroxyl groups excluding tert-OH is 1. The van der Waals surface area contributed by atoms with Gasteiger partial charge in [-0.05, 0) is 74.5 Å². The van der Waals surface area contributed by atoms with E-state index >= 15 is 0 Å². The van der Waals surface area contributed by atoms with Gasteiger partial charge in [-0.3, -0.25) is 4.79 Å². The average molecular weight is 306 g/mol. The fourth-order valence-corrected chi connectivity index (χ4v) is 6.95. The second-order valence-corrected chi connectivity index (χ2v) is 9.14. The van der Waals surface area contributed by atoms with Gasteiger partial charge in [-0.15, -0.1) is 0 Å². The van der Waals surface area contributed by atoms with Gasteiger partial charge in [0.2, 0.25) is 0 Å². The number of ketones is 1. The predicted octanol–water partition coefficient (Wildman–Crippen LogP) is 3.07. The molecule has 0 heterocycles. The molecule has 0 spiro atoms. The predicted molar refractivity (Wildman–Crippen MR) is 84.2 cm³/mol. The summed E-state index contributed by atoms with van der Waals surface area (Å²) < 4.78 is 0. The summed E-state index contributed by atoms with van der Waals surface area (Å²) >= 11 is 0. The number of aliphatic hydroxyl groups is 2. The Balaban J connectivity index is 1.71. The molecule has 7 atom stereocenters. The van der Waals surface area contributed by atoms with Crippen molar-refractivity contribution in [3.8, 4) is 0 Å². The second-order valence-electron chi connectivity index (χ2n) is 9.14. The molecule has 4 rings (SSSR count). The van der Waals surface area contributed by atoms with Crippen LogP contribution in [0.5, 0.6) is 0 Å². The van der Waals surface area contributed by atoms with Crippen molar-refractivity contribution in [1.29, 1.82) is 0 Å². The molecule has 0 aromatic carbocycles. The van der Waals surface area contributed by atoms with Gasteiger partial charge < -0.3 is 10.2 Å². The quantitative estimate of drug-likeness (QED) is 0.723. The lowest BCUT2D eigenvalue weighted by molar-refractivity contribution is -0.236. The highest BCUT2D eigenvalue weighted by atomic mass is 16.3. The van der Waals surface area contributed by atoms with Gasteiger partial charge in [0.25, 0.3) is 0 Å². The first-order valence-electron chi connectivity index (χ1n) is 9.25. The number of hydrogen-bond acceptors (Lipinski definition) is 3. The largest absolute Gasteiger partial charge is 0.393 e. The Kier molecular flexibility index (Phi) is 3.14. The summed E-state index contributed by atoms with van der Waals surface area (Å²) in [6, 6.07) is 0. The van der Waals surface area contributed by atoms with Crippen LogP contribution in [0, 0.1) is 28.6 Å². The zero-order valence-corrected chi connectivity index (χ0v) is 14.0. The van der Waals surface area contributed by atoms with Crippen LogP contribution in [-0.2, 0) is 4.79 Å². The van der Waals surface area contributed by atoms with E-state index in [1.54, 1.807) is 0 Å². The van der Waals surface area contributed by atoms with Crippen molar-refractivity contribution in [3.05, 3.63) is 0 Å². The van der Waals surface area contributed by atoms with Crippen LogP contribution >= 0.6 is 0 Å². The van der Waals surface area contributed by atoms with E-state index in [1.165, 1.54) is 0 Å². The van der Waals surface area contributed by atoms with Crippen molar-refractivity contribution >= 4 is 5.78 Å². The van der Waals surface area contributed by atoms with Crippen molar-refractivity contribution in [3.63, 3.8) is 0 Å². The number of hydrogen-bond donors (Lipinski definition) is 2. The van der Waals surface area contributed by atoms with Gasteiger partial charge in [-0.1, -0.05) is 13.8 Å². The lowest BCUT2D eigenvalue weighted by Gasteiger charge is -2.64. The van der Waals surface area contributed by atoms with Gasteiger partial charge in [0.05, 0.1) is 11.7 Å². The number of carbonyl (C=O) groups is 1. The van der Waals surface area contributed by atoms with Crippen LogP contribution in [0.3, 0.4) is 0 Å². The molecule has 0 aromatic rings. The topological polar surface area (TPSA) is 57.5 Å². The molecule has 4 saturated carbocycles. The molecular weight excluding hydrogens is 276 g/mol. The zero-order chi connectivity index (χ0) is 15.8. The van der Waals surface area contributed by atoms with Crippen molar-refractivity contribution in [2.45, 2.75) is 83.3 Å². The van der Waals surface area contributed by atoms with E-state index in [9.17, 15) is 15.0 Å². The zero-order valence-electron chi connectivity index (χ0n) is 14.0. The minimum absolute atomic E-state index is 0.0673. The third-order valence-electron chi connectivity index (χ3n) is 8.53. The summed E-state index contributed by atoms with van der Waals surface area (Å²) in [5.41, 5.74) is -0.860. The molecule has 4 fully saturated rings. The van der Waals surface area contributed by atoms with Crippen LogP contribution < -0.4 is 0 Å². The van der Waals surface area contributed by atoms with E-state index < -0.39 is 5.60 Å². The van der Waals surface area contributed by atoms with Crippen molar-refractivity contribution < 1.29 is 15.0 Å². The average Bonchev–Trinajstić information content (AvgIpc) is 2.77. The smallest absolute Gasteiger partial charge is 0.139 e. The molecule has 4 aliphatic carbocycles. The molecule has 3 heteroatoms. The molecule has 0 saturated heterocycles. The second kappa shape index (κ2) is 4.57. The minimum Gasteiger partial charge on any atom is -0.393 e. The molecule has 124 valence electrons. The van der Waals surface area contributed by atoms with Crippen molar-refractivity contribution in [1.82, 2.24) is 0 Å². The third-order valence-corrected chi connectivity index (χ3v) is 8.53. The molecule has 0 aliphatic heterocycles. The Morgan fingerprint density at radius 3 is 2.55 bits per heavy atom. The van der Waals surface area contributed by atoms with Crippen molar-refractivity contribution in [2.75, 3.05) is 0 Å². The molecule has 0 radical (unpaired) electrons. The molecule has 3 nitrogen and oxygen atoms in total. The minimum atomic E-state index is -0.620. The van der Waals surface area contributed by atoms with Crippen LogP contribution in [0.4, 0.5) is 0 Å². The number of fused-ring (bicyclic) bond motifs is 5. The molecule has 4 aliphatic rings. The van der Waals surface area contributed by atoms with Gasteiger partial charge >= 0.3 is 0 Å². The summed E-state index contributed by atoms with van der Waals surface area (Å²) in [7, 11) is 0. The summed E-state index contributed by atoms with van der Waals surface area (Å²) in [4.78, 5) is 12.4. The Bertz CT molecular complexity index is 503. The summed E-state index contributed by atoms with van der Waals surface area (Å²) in [5, 5.41) is 21.8. The molecule has 2 N–H and O–H groups in total. The molecule has 0 amide bonds. The van der Waals surface area contributed by atoms with Gasteiger partial charge in [-0.25, -0.2) is 0 Å². The Labute approximate surface area is 133 Å². The number of Topliss-reactive ketones (excluding diaryl/α,β-unsaturated/α-hetero) is 1. The molecule has 22 heavy (non-hydrogen) atoms. The van der Waals surface area contributed by atoms with Gasteiger partial charge in [0, 0.05) is 11.8 Å². The monoisotopic (exact) mass is 306 g/mol. The van der Waals surface area contributed by atoms with E-state index in [4.69, 9.17) is 0 Å². The van der Waals surface area contributed by atoms with Crippen LogP contribution in [0.15, 0.2) is 0 Å². The van der Waals surface area contributed by atoms with E-state index in [1.807, 2.05) is 0 Å². The SMILES string of the molecule is C[C@]12CC[C@@H](O)C[C@@H]1CC[C@@H]1[C@@H]3CCC(=O)[C@@]3(C)CC[C@@]12O. The van der Waals surface area contributed by atoms with E-state index in [-0.39, 0.29) is 22.9 Å².